The Bertz CT molecular complexity index is 1530. The molecular formula is C29H29Cl2N3O5S. The predicted molar refractivity (Wildman–Crippen MR) is 153 cm³/mol. The first-order chi connectivity index (χ1) is 19.0. The summed E-state index contributed by atoms with van der Waals surface area (Å²) in [6.07, 6.45) is 0.155. The lowest BCUT2D eigenvalue weighted by molar-refractivity contribution is -0.141. The first-order valence-corrected chi connectivity index (χ1v) is 14.9. The van der Waals surface area contributed by atoms with Gasteiger partial charge in [0.25, 0.3) is 15.9 Å². The maximum atomic E-state index is 14.0. The van der Waals surface area contributed by atoms with Crippen molar-refractivity contribution in [2.24, 2.45) is 5.92 Å². The lowest BCUT2D eigenvalue weighted by atomic mass is 10.0. The molecule has 3 aromatic rings. The summed E-state index contributed by atoms with van der Waals surface area (Å²) in [7, 11) is -4.24. The van der Waals surface area contributed by atoms with E-state index in [1.807, 2.05) is 44.2 Å². The van der Waals surface area contributed by atoms with Gasteiger partial charge in [0.15, 0.2) is 0 Å². The summed E-state index contributed by atoms with van der Waals surface area (Å²) < 4.78 is 26.9. The molecule has 0 aromatic heterocycles. The minimum Gasteiger partial charge on any atom is -0.354 e. The normalized spacial score (nSPS) is 14.6. The second-order valence-corrected chi connectivity index (χ2v) is 12.6. The number of nitrogens with zero attached hydrogens (tertiary/aromatic N) is 2. The zero-order chi connectivity index (χ0) is 29.0. The Balaban J connectivity index is 1.73. The number of hydrogen-bond donors (Lipinski definition) is 1. The number of benzene rings is 3. The zero-order valence-corrected chi connectivity index (χ0v) is 24.3. The second-order valence-electron chi connectivity index (χ2n) is 9.91. The Kier molecular flexibility index (Phi) is 9.18. The van der Waals surface area contributed by atoms with Crippen LogP contribution in [0.1, 0.15) is 35.3 Å². The van der Waals surface area contributed by atoms with E-state index in [9.17, 15) is 22.8 Å². The molecule has 210 valence electrons. The SMILES string of the molecule is CC(C)CNC(=O)C(Cc1ccccc1)N(Cc1ccc(Cl)cc1Cl)C(=O)CN1C(=O)c2ccccc2S1(=O)=O. The number of carbonyl (C=O) groups is 3. The van der Waals surface area contributed by atoms with Gasteiger partial charge in [-0.05, 0) is 41.3 Å². The fourth-order valence-corrected chi connectivity index (χ4v) is 6.40. The Morgan fingerprint density at radius 3 is 2.30 bits per heavy atom. The molecule has 0 bridgehead atoms. The molecule has 1 aliphatic heterocycles. The number of hydrogen-bond acceptors (Lipinski definition) is 5. The molecule has 0 spiro atoms. The molecule has 0 saturated carbocycles. The summed E-state index contributed by atoms with van der Waals surface area (Å²) in [4.78, 5) is 41.7. The molecule has 0 fully saturated rings. The first-order valence-electron chi connectivity index (χ1n) is 12.7. The molecule has 1 unspecified atom stereocenters. The van der Waals surface area contributed by atoms with Gasteiger partial charge in [-0.1, -0.05) is 85.6 Å². The van der Waals surface area contributed by atoms with Crippen LogP contribution in [0.2, 0.25) is 10.0 Å². The van der Waals surface area contributed by atoms with Crippen LogP contribution in [-0.4, -0.2) is 54.5 Å². The third-order valence-electron chi connectivity index (χ3n) is 6.50. The van der Waals surface area contributed by atoms with Crippen LogP contribution in [-0.2, 0) is 32.6 Å². The van der Waals surface area contributed by atoms with Crippen LogP contribution < -0.4 is 5.32 Å². The Hall–Kier alpha value is -3.40. The van der Waals surface area contributed by atoms with Gasteiger partial charge in [0, 0.05) is 29.6 Å². The molecule has 40 heavy (non-hydrogen) atoms. The van der Waals surface area contributed by atoms with E-state index in [-0.39, 0.29) is 34.4 Å². The van der Waals surface area contributed by atoms with E-state index in [4.69, 9.17) is 23.2 Å². The third-order valence-corrected chi connectivity index (χ3v) is 8.88. The minimum absolute atomic E-state index is 0.00175. The minimum atomic E-state index is -4.24. The molecule has 1 aliphatic rings. The highest BCUT2D eigenvalue weighted by Gasteiger charge is 2.43. The maximum Gasteiger partial charge on any atom is 0.269 e. The fourth-order valence-electron chi connectivity index (χ4n) is 4.41. The van der Waals surface area contributed by atoms with E-state index < -0.39 is 40.3 Å². The van der Waals surface area contributed by atoms with Gasteiger partial charge in [-0.3, -0.25) is 14.4 Å². The van der Waals surface area contributed by atoms with E-state index in [0.29, 0.717) is 21.4 Å². The summed E-state index contributed by atoms with van der Waals surface area (Å²) in [6, 6.07) is 18.7. The molecule has 3 aromatic carbocycles. The highest BCUT2D eigenvalue weighted by atomic mass is 35.5. The van der Waals surface area contributed by atoms with Gasteiger partial charge in [0.2, 0.25) is 11.8 Å². The highest BCUT2D eigenvalue weighted by Crippen LogP contribution is 2.30. The van der Waals surface area contributed by atoms with Crippen molar-refractivity contribution in [1.82, 2.24) is 14.5 Å². The van der Waals surface area contributed by atoms with Gasteiger partial charge in [0.1, 0.15) is 17.5 Å². The van der Waals surface area contributed by atoms with Crippen molar-refractivity contribution < 1.29 is 22.8 Å². The predicted octanol–water partition coefficient (Wildman–Crippen LogP) is 4.55. The van der Waals surface area contributed by atoms with E-state index in [2.05, 4.69) is 5.32 Å². The second kappa shape index (κ2) is 12.4. The van der Waals surface area contributed by atoms with Crippen LogP contribution in [0, 0.1) is 5.92 Å². The molecule has 0 saturated heterocycles. The van der Waals surface area contributed by atoms with Crippen LogP contribution in [0.4, 0.5) is 0 Å². The maximum absolute atomic E-state index is 14.0. The smallest absolute Gasteiger partial charge is 0.269 e. The molecule has 1 N–H and O–H groups in total. The van der Waals surface area contributed by atoms with E-state index in [0.717, 1.165) is 5.56 Å². The van der Waals surface area contributed by atoms with Gasteiger partial charge >= 0.3 is 0 Å². The molecule has 0 radical (unpaired) electrons. The Labute approximate surface area is 243 Å². The van der Waals surface area contributed by atoms with Crippen LogP contribution in [0.5, 0.6) is 0 Å². The Morgan fingerprint density at radius 2 is 1.65 bits per heavy atom. The van der Waals surface area contributed by atoms with Crippen molar-refractivity contribution in [3.05, 3.63) is 99.5 Å². The summed E-state index contributed by atoms with van der Waals surface area (Å²) in [5.74, 6) is -1.77. The molecular weight excluding hydrogens is 573 g/mol. The molecule has 11 heteroatoms. The summed E-state index contributed by atoms with van der Waals surface area (Å²) in [5.41, 5.74) is 1.30. The number of fused-ring (bicyclic) bond motifs is 1. The molecule has 1 atom stereocenters. The van der Waals surface area contributed by atoms with Gasteiger partial charge in [0.05, 0.1) is 5.56 Å². The quantitative estimate of drug-likeness (QED) is 0.367. The van der Waals surface area contributed by atoms with E-state index >= 15 is 0 Å². The standard InChI is InChI=1S/C29H29Cl2N3O5S/c1-19(2)16-32-28(36)25(14-20-8-4-3-5-9-20)33(17-21-12-13-22(30)15-24(21)31)27(35)18-34-29(37)23-10-6-7-11-26(23)40(34,38)39/h3-13,15,19,25H,14,16-18H2,1-2H3,(H,32,36). The number of amides is 3. The lowest BCUT2D eigenvalue weighted by Crippen LogP contribution is -2.53. The number of sulfonamides is 1. The molecule has 4 rings (SSSR count). The van der Waals surface area contributed by atoms with Crippen LogP contribution in [0.25, 0.3) is 0 Å². The molecule has 8 nitrogen and oxygen atoms in total. The van der Waals surface area contributed by atoms with Crippen molar-refractivity contribution in [3.63, 3.8) is 0 Å². The van der Waals surface area contributed by atoms with Crippen molar-refractivity contribution in [2.45, 2.75) is 37.8 Å². The molecule has 1 heterocycles. The average molecular weight is 603 g/mol. The first kappa shape index (κ1) is 29.6. The van der Waals surface area contributed by atoms with Gasteiger partial charge < -0.3 is 10.2 Å². The van der Waals surface area contributed by atoms with E-state index in [1.165, 1.54) is 29.2 Å². The van der Waals surface area contributed by atoms with E-state index in [1.54, 1.807) is 18.2 Å². The number of carbonyl (C=O) groups excluding carboxylic acids is 3. The Morgan fingerprint density at radius 1 is 0.975 bits per heavy atom. The third kappa shape index (κ3) is 6.49. The van der Waals surface area contributed by atoms with Gasteiger partial charge in [-0.25, -0.2) is 12.7 Å². The molecule has 3 amide bonds. The number of halogens is 2. The molecule has 0 aliphatic carbocycles. The fraction of sp³-hybridized carbons (Fsp3) is 0.276. The topological polar surface area (TPSA) is 104 Å². The van der Waals surface area contributed by atoms with Gasteiger partial charge in [-0.2, -0.15) is 0 Å². The number of nitrogens with one attached hydrogen (secondary N) is 1. The van der Waals surface area contributed by atoms with Crippen LogP contribution >= 0.6 is 23.2 Å². The van der Waals surface area contributed by atoms with Crippen LogP contribution in [0.3, 0.4) is 0 Å². The van der Waals surface area contributed by atoms with Crippen molar-refractivity contribution in [3.8, 4) is 0 Å². The van der Waals surface area contributed by atoms with Crippen LogP contribution in [0.15, 0.2) is 77.7 Å². The van der Waals surface area contributed by atoms with Crippen molar-refractivity contribution >= 4 is 50.9 Å². The average Bonchev–Trinajstić information content (AvgIpc) is 3.11. The summed E-state index contributed by atoms with van der Waals surface area (Å²) >= 11 is 12.5. The monoisotopic (exact) mass is 601 g/mol. The summed E-state index contributed by atoms with van der Waals surface area (Å²) in [6.45, 7) is 3.39. The number of rotatable bonds is 10. The van der Waals surface area contributed by atoms with Crippen molar-refractivity contribution in [1.29, 1.82) is 0 Å². The van der Waals surface area contributed by atoms with Gasteiger partial charge in [-0.15, -0.1) is 0 Å². The lowest BCUT2D eigenvalue weighted by Gasteiger charge is -2.33. The zero-order valence-electron chi connectivity index (χ0n) is 22.0. The van der Waals surface area contributed by atoms with Crippen molar-refractivity contribution in [2.75, 3.05) is 13.1 Å². The highest BCUT2D eigenvalue weighted by molar-refractivity contribution is 7.90. The largest absolute Gasteiger partial charge is 0.354 e. The summed E-state index contributed by atoms with van der Waals surface area (Å²) in [5, 5.41) is 3.57.